The minimum Gasteiger partial charge on any atom is -0.471 e. The van der Waals surface area contributed by atoms with E-state index in [4.69, 9.17) is 24.2 Å². The number of halogens is 2. The van der Waals surface area contributed by atoms with E-state index in [1.54, 1.807) is 25.1 Å². The van der Waals surface area contributed by atoms with E-state index >= 15 is 8.78 Å². The lowest BCUT2D eigenvalue weighted by atomic mass is 10.00. The standard InChI is InChI=1S/C41H42F2N8O8S2/c1-22-17-30(49-59-22)34(52)45-29-12-3-2-8-16-40(42,43)19-23-20-41(23,39(55)50-61(56,57)25-14-15-25)48-35(53)31-18-24(21-51(31)38(29)54)58-36-33(44-26-9-4-5-10-27(26)46-36)37-47-28-11-6-7-13-32(28)60-37/h4-7,9-11,13,17,23-25,29,31H,2-3,8,12,14-16,18-21H2,1H3,(H,45,52)(H,48,53)(H,50,55)/t23-,24-,29+,31?,41-/m1/s1. The average Bonchev–Trinajstić information content (AvgIpc) is 4.03. The van der Waals surface area contributed by atoms with E-state index in [2.05, 4.69) is 20.5 Å². The van der Waals surface area contributed by atoms with Crippen LogP contribution in [0.1, 0.15) is 80.5 Å². The summed E-state index contributed by atoms with van der Waals surface area (Å²) in [6.45, 7) is 1.42. The van der Waals surface area contributed by atoms with Crippen molar-refractivity contribution in [3.05, 3.63) is 66.1 Å². The molecule has 2 saturated heterocycles. The summed E-state index contributed by atoms with van der Waals surface area (Å²) in [5, 5.41) is 8.86. The number of sulfonamides is 1. The second-order valence-corrected chi connectivity index (χ2v) is 19.4. The Morgan fingerprint density at radius 1 is 0.967 bits per heavy atom. The normalized spacial score (nSPS) is 25.8. The average molecular weight is 877 g/mol. The molecule has 4 fully saturated rings. The van der Waals surface area contributed by atoms with Crippen LogP contribution in [-0.4, -0.2) is 98.5 Å². The lowest BCUT2D eigenvalue weighted by molar-refractivity contribution is -0.141. The molecular weight excluding hydrogens is 835 g/mol. The number of rotatable bonds is 8. The van der Waals surface area contributed by atoms with E-state index in [0.29, 0.717) is 40.3 Å². The predicted octanol–water partition coefficient (Wildman–Crippen LogP) is 4.82. The van der Waals surface area contributed by atoms with E-state index in [0.717, 1.165) is 10.2 Å². The number of ether oxygens (including phenoxy) is 1. The molecule has 3 aromatic heterocycles. The maximum absolute atomic E-state index is 15.5. The number of aryl methyl sites for hydroxylation is 1. The monoisotopic (exact) mass is 876 g/mol. The van der Waals surface area contributed by atoms with Crippen molar-refractivity contribution in [1.82, 2.24) is 40.4 Å². The number of nitrogens with zero attached hydrogens (tertiary/aromatic N) is 5. The number of fused-ring (bicyclic) bond motifs is 4. The molecule has 16 nitrogen and oxygen atoms in total. The molecule has 61 heavy (non-hydrogen) atoms. The number of carbonyl (C=O) groups excluding carboxylic acids is 4. The highest BCUT2D eigenvalue weighted by Gasteiger charge is 2.65. The molecular formula is C41H42F2N8O8S2. The summed E-state index contributed by atoms with van der Waals surface area (Å²) < 4.78 is 71.4. The maximum atomic E-state index is 15.5. The third-order valence-electron chi connectivity index (χ3n) is 11.8. The Kier molecular flexibility index (Phi) is 10.5. The topological polar surface area (TPSA) is 216 Å². The predicted molar refractivity (Wildman–Crippen MR) is 217 cm³/mol. The molecule has 0 radical (unpaired) electrons. The highest BCUT2D eigenvalue weighted by atomic mass is 32.2. The fourth-order valence-corrected chi connectivity index (χ4v) is 10.6. The Morgan fingerprint density at radius 3 is 2.43 bits per heavy atom. The summed E-state index contributed by atoms with van der Waals surface area (Å²) in [5.74, 6) is -7.19. The van der Waals surface area contributed by atoms with Crippen LogP contribution >= 0.6 is 11.3 Å². The fourth-order valence-electron chi connectivity index (χ4n) is 8.30. The Bertz CT molecular complexity index is 2640. The van der Waals surface area contributed by atoms with Gasteiger partial charge >= 0.3 is 0 Å². The summed E-state index contributed by atoms with van der Waals surface area (Å²) >= 11 is 1.38. The van der Waals surface area contributed by atoms with E-state index in [1.165, 1.54) is 22.3 Å². The molecule has 5 heterocycles. The Labute approximate surface area is 352 Å². The van der Waals surface area contributed by atoms with Crippen molar-refractivity contribution in [3.8, 4) is 16.6 Å². The molecule has 5 atom stereocenters. The molecule has 320 valence electrons. The first kappa shape index (κ1) is 40.8. The third kappa shape index (κ3) is 8.38. The molecule has 2 saturated carbocycles. The van der Waals surface area contributed by atoms with Gasteiger partial charge in [0.05, 0.1) is 33.0 Å². The van der Waals surface area contributed by atoms with Gasteiger partial charge in [0.25, 0.3) is 11.8 Å². The SMILES string of the molecule is Cc1cc(C(=O)N[C@H]2CCCCCC(F)(F)C[C@@H]3C[C@@]3(C(=O)NS(=O)(=O)C3CC3)NC(=O)C3C[C@@H](Oc4nc5ccccc5nc4-c4nc5ccccc5s4)CN3C2=O)no1. The van der Waals surface area contributed by atoms with E-state index in [-0.39, 0.29) is 56.6 Å². The number of hydrogen-bond donors (Lipinski definition) is 3. The zero-order chi connectivity index (χ0) is 42.7. The van der Waals surface area contributed by atoms with Gasteiger partial charge in [-0.1, -0.05) is 42.3 Å². The minimum absolute atomic E-state index is 0.0508. The van der Waals surface area contributed by atoms with Crippen LogP contribution in [-0.2, 0) is 24.4 Å². The van der Waals surface area contributed by atoms with Gasteiger partial charge in [-0.3, -0.25) is 23.9 Å². The molecule has 9 rings (SSSR count). The van der Waals surface area contributed by atoms with Gasteiger partial charge in [-0.15, -0.1) is 11.3 Å². The molecule has 3 N–H and O–H groups in total. The van der Waals surface area contributed by atoms with Gasteiger partial charge in [-0.05, 0) is 69.2 Å². The Morgan fingerprint density at radius 2 is 1.70 bits per heavy atom. The second-order valence-electron chi connectivity index (χ2n) is 16.4. The first-order valence-electron chi connectivity index (χ1n) is 20.3. The summed E-state index contributed by atoms with van der Waals surface area (Å²) in [7, 11) is -4.11. The Hall–Kier alpha value is -5.63. The van der Waals surface area contributed by atoms with Crippen LogP contribution in [0.3, 0.4) is 0 Å². The van der Waals surface area contributed by atoms with Gasteiger partial charge in [0.2, 0.25) is 33.6 Å². The van der Waals surface area contributed by atoms with Gasteiger partial charge in [0.15, 0.2) is 11.4 Å². The zero-order valence-electron chi connectivity index (χ0n) is 32.9. The van der Waals surface area contributed by atoms with Gasteiger partial charge in [-0.2, -0.15) is 0 Å². The summed E-state index contributed by atoms with van der Waals surface area (Å²) in [5.41, 5.74) is 0.117. The van der Waals surface area contributed by atoms with Gasteiger partial charge < -0.3 is 24.8 Å². The molecule has 4 aliphatic rings. The smallest absolute Gasteiger partial charge is 0.274 e. The lowest BCUT2D eigenvalue weighted by Crippen LogP contribution is -2.58. The van der Waals surface area contributed by atoms with E-state index in [1.807, 2.05) is 30.3 Å². The first-order chi connectivity index (χ1) is 29.2. The summed E-state index contributed by atoms with van der Waals surface area (Å²) in [6, 6.07) is 13.6. The molecule has 0 spiro atoms. The summed E-state index contributed by atoms with van der Waals surface area (Å²) in [6.07, 6.45) is -1.17. The highest BCUT2D eigenvalue weighted by Crippen LogP contribution is 2.51. The number of thiazole rings is 1. The number of aromatic nitrogens is 4. The highest BCUT2D eigenvalue weighted by molar-refractivity contribution is 7.91. The van der Waals surface area contributed by atoms with Crippen molar-refractivity contribution >= 4 is 66.2 Å². The zero-order valence-corrected chi connectivity index (χ0v) is 34.6. The molecule has 20 heteroatoms. The first-order valence-corrected chi connectivity index (χ1v) is 22.6. The quantitative estimate of drug-likeness (QED) is 0.191. The molecule has 1 unspecified atom stereocenters. The number of amides is 4. The molecule has 2 aliphatic carbocycles. The number of nitrogens with one attached hydrogen (secondary N) is 3. The fraction of sp³-hybridized carbons (Fsp3) is 0.463. The van der Waals surface area contributed by atoms with Crippen LogP contribution in [0, 0.1) is 12.8 Å². The van der Waals surface area contributed by atoms with Crippen LogP contribution in [0.4, 0.5) is 8.78 Å². The molecule has 2 aromatic carbocycles. The van der Waals surface area contributed by atoms with Crippen LogP contribution in [0.25, 0.3) is 32.0 Å². The number of hydrogen-bond acceptors (Lipinski definition) is 13. The second kappa shape index (κ2) is 15.7. The molecule has 2 aliphatic heterocycles. The van der Waals surface area contributed by atoms with Crippen LogP contribution < -0.4 is 20.1 Å². The molecule has 5 aromatic rings. The number of alkyl halides is 2. The van der Waals surface area contributed by atoms with Crippen molar-refractivity contribution in [2.75, 3.05) is 6.54 Å². The van der Waals surface area contributed by atoms with Crippen molar-refractivity contribution < 1.29 is 45.6 Å². The maximum Gasteiger partial charge on any atom is 0.274 e. The van der Waals surface area contributed by atoms with Crippen LogP contribution in [0.5, 0.6) is 5.88 Å². The number of benzene rings is 2. The van der Waals surface area contributed by atoms with Gasteiger partial charge in [0, 0.05) is 25.3 Å². The van der Waals surface area contributed by atoms with Crippen LogP contribution in [0.2, 0.25) is 0 Å². The van der Waals surface area contributed by atoms with Crippen molar-refractivity contribution in [2.45, 2.75) is 106 Å². The number of para-hydroxylation sites is 3. The number of carbonyl (C=O) groups is 4. The van der Waals surface area contributed by atoms with Crippen LogP contribution in [0.15, 0.2) is 59.1 Å². The third-order valence-corrected chi connectivity index (χ3v) is 14.6. The largest absolute Gasteiger partial charge is 0.471 e. The van der Waals surface area contributed by atoms with Crippen molar-refractivity contribution in [1.29, 1.82) is 0 Å². The van der Waals surface area contributed by atoms with E-state index < -0.39 is 87.3 Å². The van der Waals surface area contributed by atoms with Gasteiger partial charge in [-0.25, -0.2) is 32.2 Å². The molecule has 0 bridgehead atoms. The summed E-state index contributed by atoms with van der Waals surface area (Å²) in [4.78, 5) is 72.3. The van der Waals surface area contributed by atoms with E-state index in [9.17, 15) is 27.6 Å². The van der Waals surface area contributed by atoms with Gasteiger partial charge in [0.1, 0.15) is 34.5 Å². The van der Waals surface area contributed by atoms with Crippen molar-refractivity contribution in [3.63, 3.8) is 0 Å². The minimum atomic E-state index is -4.11. The lowest BCUT2D eigenvalue weighted by Gasteiger charge is -2.30. The Balaban J connectivity index is 1.07. The van der Waals surface area contributed by atoms with Crippen molar-refractivity contribution in [2.24, 2.45) is 5.92 Å². The molecule has 4 amide bonds.